The molecule has 0 spiro atoms. The number of pyridine rings is 1. The van der Waals surface area contributed by atoms with E-state index in [0.29, 0.717) is 22.7 Å². The molecule has 2 heterocycles. The van der Waals surface area contributed by atoms with Crippen LogP contribution in [-0.4, -0.2) is 29.1 Å². The van der Waals surface area contributed by atoms with Gasteiger partial charge in [0.1, 0.15) is 5.82 Å². The lowest BCUT2D eigenvalue weighted by Gasteiger charge is -2.06. The Kier molecular flexibility index (Phi) is 6.08. The maximum atomic E-state index is 13.7. The zero-order valence-electron chi connectivity index (χ0n) is 15.9. The van der Waals surface area contributed by atoms with Crippen molar-refractivity contribution in [2.75, 3.05) is 13.2 Å². The fourth-order valence-corrected chi connectivity index (χ4v) is 4.77. The minimum absolute atomic E-state index is 0.114. The van der Waals surface area contributed by atoms with Crippen LogP contribution in [0.5, 0.6) is 0 Å². The molecule has 4 rings (SSSR count). The smallest absolute Gasteiger partial charge is 0.251 e. The molecule has 152 valence electrons. The third-order valence-corrected chi connectivity index (χ3v) is 5.99. The first kappa shape index (κ1) is 20.5. The number of benzene rings is 2. The molecule has 0 aliphatic heterocycles. The van der Waals surface area contributed by atoms with Gasteiger partial charge in [-0.25, -0.2) is 4.39 Å². The van der Waals surface area contributed by atoms with Crippen LogP contribution in [0.15, 0.2) is 60.8 Å². The Morgan fingerprint density at radius 3 is 2.83 bits per heavy atom. The second-order valence-electron chi connectivity index (χ2n) is 6.80. The van der Waals surface area contributed by atoms with Gasteiger partial charge < -0.3 is 10.4 Å². The fourth-order valence-electron chi connectivity index (χ4n) is 3.31. The van der Waals surface area contributed by atoms with E-state index in [1.165, 1.54) is 12.1 Å². The lowest BCUT2D eigenvalue weighted by molar-refractivity contribution is 0.0944. The van der Waals surface area contributed by atoms with Gasteiger partial charge in [-0.1, -0.05) is 29.8 Å². The lowest BCUT2D eigenvalue weighted by Crippen LogP contribution is -2.26. The van der Waals surface area contributed by atoms with Gasteiger partial charge in [0.2, 0.25) is 0 Å². The fraction of sp³-hybridized carbons (Fsp3) is 0.130. The van der Waals surface area contributed by atoms with Gasteiger partial charge in [0.15, 0.2) is 0 Å². The highest BCUT2D eigenvalue weighted by molar-refractivity contribution is 7.19. The largest absolute Gasteiger partial charge is 0.395 e. The number of aromatic nitrogens is 1. The van der Waals surface area contributed by atoms with Crippen LogP contribution in [0, 0.1) is 5.82 Å². The zero-order chi connectivity index (χ0) is 21.1. The third-order valence-electron chi connectivity index (χ3n) is 4.59. The first-order chi connectivity index (χ1) is 14.5. The number of fused-ring (bicyclic) bond motifs is 1. The highest BCUT2D eigenvalue weighted by Crippen LogP contribution is 2.35. The molecule has 0 atom stereocenters. The number of amides is 1. The standard InChI is InChI=1S/C23H18ClFN2O2S/c24-17-8-14(9-18(25)13-17)10-19-11-15-2-1-3-20(22(15)30-19)21-12-16(4-5-26-21)23(29)27-6-7-28/h1-5,8-9,11-13,28H,6-7,10H2,(H,27,29). The summed E-state index contributed by atoms with van der Waals surface area (Å²) in [5, 5.41) is 13.0. The first-order valence-electron chi connectivity index (χ1n) is 9.35. The number of nitrogens with one attached hydrogen (secondary N) is 1. The van der Waals surface area contributed by atoms with E-state index in [4.69, 9.17) is 16.7 Å². The minimum atomic E-state index is -0.347. The van der Waals surface area contributed by atoms with Crippen LogP contribution in [0.3, 0.4) is 0 Å². The summed E-state index contributed by atoms with van der Waals surface area (Å²) in [6, 6.07) is 16.0. The summed E-state index contributed by atoms with van der Waals surface area (Å²) in [5.74, 6) is -0.602. The molecular formula is C23H18ClFN2O2S. The van der Waals surface area contributed by atoms with Gasteiger partial charge in [-0.3, -0.25) is 9.78 Å². The molecule has 2 aromatic carbocycles. The van der Waals surface area contributed by atoms with Crippen LogP contribution in [0.4, 0.5) is 4.39 Å². The van der Waals surface area contributed by atoms with Crippen molar-refractivity contribution in [1.82, 2.24) is 10.3 Å². The van der Waals surface area contributed by atoms with Gasteiger partial charge in [0, 0.05) is 44.9 Å². The molecule has 0 bridgehead atoms. The molecule has 4 nitrogen and oxygen atoms in total. The van der Waals surface area contributed by atoms with Gasteiger partial charge in [-0.15, -0.1) is 11.3 Å². The quantitative estimate of drug-likeness (QED) is 0.440. The number of thiophene rings is 1. The highest BCUT2D eigenvalue weighted by Gasteiger charge is 2.13. The van der Waals surface area contributed by atoms with Crippen LogP contribution < -0.4 is 5.32 Å². The van der Waals surface area contributed by atoms with Crippen molar-refractivity contribution in [3.8, 4) is 11.3 Å². The summed E-state index contributed by atoms with van der Waals surface area (Å²) in [7, 11) is 0. The molecule has 2 N–H and O–H groups in total. The summed E-state index contributed by atoms with van der Waals surface area (Å²) in [4.78, 5) is 17.8. The molecule has 30 heavy (non-hydrogen) atoms. The van der Waals surface area contributed by atoms with E-state index in [-0.39, 0.29) is 24.9 Å². The molecule has 1 amide bonds. The number of nitrogens with zero attached hydrogens (tertiary/aromatic N) is 1. The molecule has 0 unspecified atom stereocenters. The summed E-state index contributed by atoms with van der Waals surface area (Å²) in [6.07, 6.45) is 2.18. The highest BCUT2D eigenvalue weighted by atomic mass is 35.5. The van der Waals surface area contributed by atoms with E-state index in [0.717, 1.165) is 26.1 Å². The molecule has 0 fully saturated rings. The Hall–Kier alpha value is -2.80. The predicted molar refractivity (Wildman–Crippen MR) is 119 cm³/mol. The van der Waals surface area contributed by atoms with Crippen molar-refractivity contribution >= 4 is 38.9 Å². The first-order valence-corrected chi connectivity index (χ1v) is 10.5. The number of aliphatic hydroxyl groups excluding tert-OH is 1. The number of halogens is 2. The summed E-state index contributed by atoms with van der Waals surface area (Å²) < 4.78 is 14.7. The number of carbonyl (C=O) groups excluding carboxylic acids is 1. The van der Waals surface area contributed by atoms with E-state index in [1.54, 1.807) is 35.7 Å². The number of carbonyl (C=O) groups is 1. The van der Waals surface area contributed by atoms with E-state index in [2.05, 4.69) is 16.4 Å². The van der Waals surface area contributed by atoms with E-state index < -0.39 is 0 Å². The van der Waals surface area contributed by atoms with Crippen LogP contribution in [0.2, 0.25) is 5.02 Å². The Balaban J connectivity index is 1.68. The summed E-state index contributed by atoms with van der Waals surface area (Å²) in [6.45, 7) is 0.0853. The zero-order valence-corrected chi connectivity index (χ0v) is 17.4. The molecule has 0 aliphatic carbocycles. The van der Waals surface area contributed by atoms with Crippen LogP contribution >= 0.6 is 22.9 Å². The second kappa shape index (κ2) is 8.92. The lowest BCUT2D eigenvalue weighted by atomic mass is 10.1. The normalized spacial score (nSPS) is 11.0. The van der Waals surface area contributed by atoms with Gasteiger partial charge >= 0.3 is 0 Å². The van der Waals surface area contributed by atoms with Crippen molar-refractivity contribution in [3.63, 3.8) is 0 Å². The topological polar surface area (TPSA) is 62.2 Å². The van der Waals surface area contributed by atoms with E-state index >= 15 is 0 Å². The number of rotatable bonds is 6. The van der Waals surface area contributed by atoms with Crippen LogP contribution in [0.1, 0.15) is 20.8 Å². The number of aliphatic hydroxyl groups is 1. The van der Waals surface area contributed by atoms with Gasteiger partial charge in [0.25, 0.3) is 5.91 Å². The second-order valence-corrected chi connectivity index (χ2v) is 8.37. The average molecular weight is 441 g/mol. The average Bonchev–Trinajstić information content (AvgIpc) is 3.13. The number of hydrogen-bond acceptors (Lipinski definition) is 4. The molecule has 0 saturated carbocycles. The molecule has 7 heteroatoms. The van der Waals surface area contributed by atoms with Crippen LogP contribution in [0.25, 0.3) is 21.3 Å². The van der Waals surface area contributed by atoms with Crippen molar-refractivity contribution in [2.45, 2.75) is 6.42 Å². The number of hydrogen-bond donors (Lipinski definition) is 2. The molecule has 2 aromatic heterocycles. The predicted octanol–water partition coefficient (Wildman–Crippen LogP) is 5.07. The van der Waals surface area contributed by atoms with Crippen molar-refractivity contribution in [3.05, 3.63) is 87.6 Å². The van der Waals surface area contributed by atoms with Crippen molar-refractivity contribution in [2.24, 2.45) is 0 Å². The molecule has 4 aromatic rings. The minimum Gasteiger partial charge on any atom is -0.395 e. The van der Waals surface area contributed by atoms with Gasteiger partial charge in [-0.2, -0.15) is 0 Å². The molecule has 0 saturated heterocycles. The van der Waals surface area contributed by atoms with Crippen LogP contribution in [-0.2, 0) is 6.42 Å². The maximum absolute atomic E-state index is 13.7. The monoisotopic (exact) mass is 440 g/mol. The van der Waals surface area contributed by atoms with E-state index in [9.17, 15) is 9.18 Å². The molecule has 0 radical (unpaired) electrons. The van der Waals surface area contributed by atoms with E-state index in [1.807, 2.05) is 18.2 Å². The Morgan fingerprint density at radius 2 is 2.03 bits per heavy atom. The van der Waals surface area contributed by atoms with Gasteiger partial charge in [-0.05, 0) is 47.3 Å². The SMILES string of the molecule is O=C(NCCO)c1ccnc(-c2cccc3cc(Cc4cc(F)cc(Cl)c4)sc23)c1. The Morgan fingerprint density at radius 1 is 1.17 bits per heavy atom. The Labute approximate surface area is 182 Å². The molecule has 0 aliphatic rings. The Bertz CT molecular complexity index is 1200. The molecular weight excluding hydrogens is 423 g/mol. The maximum Gasteiger partial charge on any atom is 0.251 e. The summed E-state index contributed by atoms with van der Waals surface area (Å²) >= 11 is 7.60. The van der Waals surface area contributed by atoms with Gasteiger partial charge in [0.05, 0.1) is 12.3 Å². The van der Waals surface area contributed by atoms with Crippen molar-refractivity contribution in [1.29, 1.82) is 0 Å². The summed E-state index contributed by atoms with van der Waals surface area (Å²) in [5.41, 5.74) is 2.92. The third kappa shape index (κ3) is 4.51. The van der Waals surface area contributed by atoms with Crippen molar-refractivity contribution < 1.29 is 14.3 Å².